The maximum atomic E-state index is 14.0. The lowest BCUT2D eigenvalue weighted by Crippen LogP contribution is -2.28. The molecule has 0 saturated heterocycles. The third-order valence-corrected chi connectivity index (χ3v) is 9.05. The highest BCUT2D eigenvalue weighted by Crippen LogP contribution is 2.48. The van der Waals surface area contributed by atoms with E-state index in [1.165, 1.54) is 0 Å². The Morgan fingerprint density at radius 3 is 1.32 bits per heavy atom. The first-order chi connectivity index (χ1) is 21.7. The lowest BCUT2D eigenvalue weighted by molar-refractivity contribution is -0.114. The number of phenols is 1. The van der Waals surface area contributed by atoms with Crippen LogP contribution in [0.25, 0.3) is 11.1 Å². The molecule has 3 nitrogen and oxygen atoms in total. The number of carbonyl (C=O) groups is 1. The lowest BCUT2D eigenvalue weighted by Gasteiger charge is -2.31. The standard InChI is InChI=1S/C44H51NO2/c1-41(2,3)31-23-29(24-32(39(31)46)42(4,5)6)37-35(27-19-15-13-16-20-27)36(28-21-17-14-18-22-28)38(45-37)30-25-33(43(7,8)9)40(47)34(26-30)44(10,11)12/h13-26,46H,1-12H3. The Morgan fingerprint density at radius 2 is 0.936 bits per heavy atom. The second-order valence-electron chi connectivity index (χ2n) is 17.1. The van der Waals surface area contributed by atoms with Crippen molar-refractivity contribution in [2.45, 2.75) is 93.9 Å². The van der Waals surface area contributed by atoms with Crippen LogP contribution in [-0.4, -0.2) is 16.6 Å². The zero-order chi connectivity index (χ0) is 34.7. The molecule has 1 N–H and O–H groups in total. The molecule has 1 heterocycles. The van der Waals surface area contributed by atoms with Gasteiger partial charge in [-0.05, 0) is 57.1 Å². The number of aromatic hydroxyl groups is 1. The molecule has 244 valence electrons. The molecule has 3 aromatic carbocycles. The minimum atomic E-state index is -0.349. The Balaban J connectivity index is 1.99. The maximum absolute atomic E-state index is 14.0. The van der Waals surface area contributed by atoms with Gasteiger partial charge in [-0.15, -0.1) is 0 Å². The minimum Gasteiger partial charge on any atom is -0.507 e. The molecule has 3 aromatic rings. The van der Waals surface area contributed by atoms with E-state index in [2.05, 4.69) is 156 Å². The molecule has 2 aliphatic rings. The summed E-state index contributed by atoms with van der Waals surface area (Å²) in [5.41, 5.74) is 9.90. The van der Waals surface area contributed by atoms with E-state index in [1.807, 2.05) is 12.1 Å². The topological polar surface area (TPSA) is 49.7 Å². The fourth-order valence-corrected chi connectivity index (χ4v) is 6.44. The van der Waals surface area contributed by atoms with Gasteiger partial charge in [0.25, 0.3) is 0 Å². The summed E-state index contributed by atoms with van der Waals surface area (Å²) < 4.78 is 0. The Labute approximate surface area is 282 Å². The second kappa shape index (κ2) is 11.8. The summed E-state index contributed by atoms with van der Waals surface area (Å²) in [6.07, 6.45) is 4.14. The van der Waals surface area contributed by atoms with Crippen molar-refractivity contribution in [3.8, 4) is 5.75 Å². The van der Waals surface area contributed by atoms with E-state index in [4.69, 9.17) is 4.99 Å². The zero-order valence-corrected chi connectivity index (χ0v) is 30.4. The fraction of sp³-hybridized carbons (Fsp3) is 0.364. The summed E-state index contributed by atoms with van der Waals surface area (Å²) in [7, 11) is 0. The Kier molecular flexibility index (Phi) is 8.54. The third-order valence-electron chi connectivity index (χ3n) is 9.05. The average Bonchev–Trinajstić information content (AvgIpc) is 3.36. The molecule has 1 aliphatic carbocycles. The van der Waals surface area contributed by atoms with Gasteiger partial charge in [0.05, 0.1) is 11.4 Å². The number of allylic oxidation sites excluding steroid dienone is 7. The van der Waals surface area contributed by atoms with Crippen LogP contribution in [0.4, 0.5) is 0 Å². The number of hydrogen-bond donors (Lipinski definition) is 1. The molecule has 0 atom stereocenters. The van der Waals surface area contributed by atoms with Gasteiger partial charge in [-0.1, -0.05) is 144 Å². The van der Waals surface area contributed by atoms with Crippen LogP contribution in [-0.2, 0) is 15.6 Å². The monoisotopic (exact) mass is 625 g/mol. The first-order valence-electron chi connectivity index (χ1n) is 16.8. The number of ketones is 1. The van der Waals surface area contributed by atoms with Crippen molar-refractivity contribution in [3.05, 3.63) is 135 Å². The molecule has 1 aliphatic heterocycles. The van der Waals surface area contributed by atoms with E-state index >= 15 is 0 Å². The van der Waals surface area contributed by atoms with Crippen LogP contribution in [0.3, 0.4) is 0 Å². The van der Waals surface area contributed by atoms with E-state index in [1.54, 1.807) is 0 Å². The van der Waals surface area contributed by atoms with Crippen LogP contribution in [0.5, 0.6) is 5.75 Å². The normalized spacial score (nSPS) is 16.4. The smallest absolute Gasteiger partial charge is 0.186 e. The predicted octanol–water partition coefficient (Wildman–Crippen LogP) is 11.2. The Bertz CT molecular complexity index is 1810. The highest BCUT2D eigenvalue weighted by Gasteiger charge is 2.37. The van der Waals surface area contributed by atoms with Crippen LogP contribution in [0.1, 0.15) is 111 Å². The van der Waals surface area contributed by atoms with Gasteiger partial charge in [0.2, 0.25) is 0 Å². The molecule has 0 amide bonds. The number of Topliss-reactive ketones (excluding diaryl/α,β-unsaturated/α-hetero) is 1. The van der Waals surface area contributed by atoms with Crippen molar-refractivity contribution in [2.75, 3.05) is 0 Å². The second-order valence-corrected chi connectivity index (χ2v) is 17.1. The van der Waals surface area contributed by atoms with Crippen molar-refractivity contribution < 1.29 is 9.90 Å². The summed E-state index contributed by atoms with van der Waals surface area (Å²) in [5, 5.41) is 11.6. The molecule has 3 heteroatoms. The first-order valence-corrected chi connectivity index (χ1v) is 16.8. The minimum absolute atomic E-state index is 0.105. The van der Waals surface area contributed by atoms with Gasteiger partial charge in [0.1, 0.15) is 5.75 Å². The molecule has 0 aromatic heterocycles. The van der Waals surface area contributed by atoms with E-state index < -0.39 is 0 Å². The maximum Gasteiger partial charge on any atom is 0.186 e. The Morgan fingerprint density at radius 1 is 0.532 bits per heavy atom. The molecule has 0 unspecified atom stereocenters. The van der Waals surface area contributed by atoms with Gasteiger partial charge in [-0.25, -0.2) is 4.99 Å². The fourth-order valence-electron chi connectivity index (χ4n) is 6.44. The molecule has 47 heavy (non-hydrogen) atoms. The van der Waals surface area contributed by atoms with E-state index in [0.717, 1.165) is 67.1 Å². The molecule has 0 radical (unpaired) electrons. The number of hydrogen-bond acceptors (Lipinski definition) is 3. The number of carbonyl (C=O) groups excluding carboxylic acids is 1. The van der Waals surface area contributed by atoms with E-state index in [9.17, 15) is 9.90 Å². The molecular formula is C44H51NO2. The van der Waals surface area contributed by atoms with Crippen molar-refractivity contribution in [1.82, 2.24) is 0 Å². The number of benzene rings is 3. The summed E-state index contributed by atoms with van der Waals surface area (Å²) >= 11 is 0. The van der Waals surface area contributed by atoms with Crippen molar-refractivity contribution in [3.63, 3.8) is 0 Å². The summed E-state index contributed by atoms with van der Waals surface area (Å²) in [4.78, 5) is 19.5. The summed E-state index contributed by atoms with van der Waals surface area (Å²) in [6.45, 7) is 25.5. The molecule has 0 spiro atoms. The molecule has 0 bridgehead atoms. The highest BCUT2D eigenvalue weighted by atomic mass is 16.3. The van der Waals surface area contributed by atoms with E-state index in [-0.39, 0.29) is 27.4 Å². The van der Waals surface area contributed by atoms with Gasteiger partial charge < -0.3 is 5.11 Å². The number of nitrogens with zero attached hydrogens (tertiary/aromatic N) is 1. The lowest BCUT2D eigenvalue weighted by atomic mass is 9.71. The molecule has 0 fully saturated rings. The van der Waals surface area contributed by atoms with E-state index in [0.29, 0.717) is 5.75 Å². The summed E-state index contributed by atoms with van der Waals surface area (Å²) in [5.74, 6) is 0.453. The van der Waals surface area contributed by atoms with Crippen molar-refractivity contribution >= 4 is 22.6 Å². The quantitative estimate of drug-likeness (QED) is 0.315. The van der Waals surface area contributed by atoms with Gasteiger partial charge in [0.15, 0.2) is 5.78 Å². The van der Waals surface area contributed by atoms with Gasteiger partial charge >= 0.3 is 0 Å². The summed E-state index contributed by atoms with van der Waals surface area (Å²) in [6, 6.07) is 25.2. The van der Waals surface area contributed by atoms with Crippen LogP contribution >= 0.6 is 0 Å². The van der Waals surface area contributed by atoms with Crippen LogP contribution in [0.2, 0.25) is 0 Å². The number of rotatable bonds is 3. The van der Waals surface area contributed by atoms with Gasteiger partial charge in [0, 0.05) is 44.6 Å². The molecule has 5 rings (SSSR count). The van der Waals surface area contributed by atoms with Crippen molar-refractivity contribution in [2.24, 2.45) is 15.8 Å². The third kappa shape index (κ3) is 6.63. The number of phenolic OH excluding ortho intramolecular Hbond substituents is 1. The number of aliphatic imine (C=N–C) groups is 1. The first kappa shape index (κ1) is 34.1. The molecule has 0 saturated carbocycles. The Hall–Kier alpha value is -4.24. The van der Waals surface area contributed by atoms with Gasteiger partial charge in [-0.3, -0.25) is 4.79 Å². The SMILES string of the molecule is CC(C)(C)C1=CC(=C2N=C(c3cc(C(C)(C)C)c(O)c(C(C)(C)C)c3)C(c3ccccc3)=C2c2ccccc2)C=C(C(C)(C)C)C1=O. The zero-order valence-electron chi connectivity index (χ0n) is 30.4. The van der Waals surface area contributed by atoms with Crippen LogP contribution < -0.4 is 0 Å². The average molecular weight is 626 g/mol. The highest BCUT2D eigenvalue weighted by molar-refractivity contribution is 6.41. The largest absolute Gasteiger partial charge is 0.507 e. The molecular weight excluding hydrogens is 574 g/mol. The van der Waals surface area contributed by atoms with Crippen LogP contribution in [0.15, 0.2) is 112 Å². The van der Waals surface area contributed by atoms with Crippen molar-refractivity contribution in [1.29, 1.82) is 0 Å². The van der Waals surface area contributed by atoms with Gasteiger partial charge in [-0.2, -0.15) is 0 Å². The van der Waals surface area contributed by atoms with Crippen LogP contribution in [0, 0.1) is 10.8 Å². The predicted molar refractivity (Wildman–Crippen MR) is 199 cm³/mol.